The summed E-state index contributed by atoms with van der Waals surface area (Å²) in [5, 5.41) is 6.51. The molecule has 2 amide bonds. The molecule has 0 bridgehead atoms. The van der Waals surface area contributed by atoms with E-state index >= 15 is 0 Å². The van der Waals surface area contributed by atoms with Gasteiger partial charge in [0.1, 0.15) is 10.6 Å². The third-order valence-electron chi connectivity index (χ3n) is 2.64. The molecule has 0 aliphatic heterocycles. The van der Waals surface area contributed by atoms with Crippen molar-refractivity contribution in [2.75, 3.05) is 5.32 Å². The summed E-state index contributed by atoms with van der Waals surface area (Å²) in [6, 6.07) is 5.57. The molecule has 0 saturated carbocycles. The van der Waals surface area contributed by atoms with Crippen LogP contribution >= 0.6 is 11.6 Å². The molecule has 0 unspecified atom stereocenters. The molecule has 1 heterocycles. The van der Waals surface area contributed by atoms with Gasteiger partial charge in [-0.1, -0.05) is 16.8 Å². The van der Waals surface area contributed by atoms with Crippen molar-refractivity contribution in [3.63, 3.8) is 0 Å². The van der Waals surface area contributed by atoms with Gasteiger partial charge in [0.15, 0.2) is 5.76 Å². The number of aryl methyl sites for hydroxylation is 2. The number of urea groups is 1. The highest BCUT2D eigenvalue weighted by molar-refractivity contribution is 7.89. The fourth-order valence-corrected chi connectivity index (χ4v) is 3.02. The van der Waals surface area contributed by atoms with Gasteiger partial charge in [-0.15, -0.1) is 4.83 Å². The molecule has 0 fully saturated rings. The van der Waals surface area contributed by atoms with Gasteiger partial charge in [-0.2, -0.15) is 0 Å². The number of amides is 2. The Morgan fingerprint density at radius 3 is 2.41 bits per heavy atom. The number of hydrazine groups is 1. The van der Waals surface area contributed by atoms with Crippen molar-refractivity contribution in [3.05, 3.63) is 40.7 Å². The van der Waals surface area contributed by atoms with Gasteiger partial charge in [-0.25, -0.2) is 13.2 Å². The van der Waals surface area contributed by atoms with E-state index in [4.69, 9.17) is 16.1 Å². The van der Waals surface area contributed by atoms with Gasteiger partial charge in [-0.05, 0) is 38.1 Å². The number of aromatic nitrogens is 1. The Labute approximate surface area is 131 Å². The van der Waals surface area contributed by atoms with Crippen molar-refractivity contribution in [1.82, 2.24) is 15.4 Å². The molecule has 0 aliphatic rings. The van der Waals surface area contributed by atoms with Crippen LogP contribution in [-0.2, 0) is 10.0 Å². The lowest BCUT2D eigenvalue weighted by atomic mass is 10.3. The first-order valence-corrected chi connectivity index (χ1v) is 7.93. The summed E-state index contributed by atoms with van der Waals surface area (Å²) < 4.78 is 28.9. The average molecular weight is 345 g/mol. The number of hydrogen-bond acceptors (Lipinski definition) is 5. The first-order valence-electron chi connectivity index (χ1n) is 6.07. The molecule has 0 spiro atoms. The van der Waals surface area contributed by atoms with Crippen LogP contribution < -0.4 is 15.6 Å². The first kappa shape index (κ1) is 16.3. The second kappa shape index (κ2) is 6.34. The van der Waals surface area contributed by atoms with Crippen molar-refractivity contribution in [2.45, 2.75) is 18.7 Å². The topological polar surface area (TPSA) is 113 Å². The van der Waals surface area contributed by atoms with Crippen LogP contribution in [0.4, 0.5) is 10.5 Å². The molecular weight excluding hydrogens is 332 g/mol. The van der Waals surface area contributed by atoms with E-state index < -0.39 is 16.1 Å². The van der Waals surface area contributed by atoms with Crippen molar-refractivity contribution in [3.8, 4) is 0 Å². The Kier molecular flexibility index (Phi) is 4.69. The Bertz CT molecular complexity index is 766. The maximum Gasteiger partial charge on any atom is 0.334 e. The van der Waals surface area contributed by atoms with Crippen molar-refractivity contribution < 1.29 is 17.7 Å². The smallest absolute Gasteiger partial charge is 0.334 e. The number of anilines is 1. The lowest BCUT2D eigenvalue weighted by Crippen LogP contribution is -2.44. The SMILES string of the molecule is Cc1noc(C)c1S(=O)(=O)NNC(=O)Nc1ccc(Cl)cc1. The van der Waals surface area contributed by atoms with Crippen LogP contribution in [0.15, 0.2) is 33.7 Å². The van der Waals surface area contributed by atoms with E-state index in [1.165, 1.54) is 13.8 Å². The third-order valence-corrected chi connectivity index (χ3v) is 4.38. The molecule has 0 aliphatic carbocycles. The van der Waals surface area contributed by atoms with Gasteiger partial charge >= 0.3 is 6.03 Å². The van der Waals surface area contributed by atoms with Gasteiger partial charge in [0.2, 0.25) is 0 Å². The number of sulfonamides is 1. The molecule has 8 nitrogen and oxygen atoms in total. The summed E-state index contributed by atoms with van der Waals surface area (Å²) in [7, 11) is -3.97. The second-order valence-corrected chi connectivity index (χ2v) is 6.40. The normalized spacial score (nSPS) is 11.2. The quantitative estimate of drug-likeness (QED) is 0.734. The molecule has 0 radical (unpaired) electrons. The van der Waals surface area contributed by atoms with Gasteiger partial charge in [0, 0.05) is 10.7 Å². The zero-order valence-electron chi connectivity index (χ0n) is 11.7. The number of benzene rings is 1. The predicted octanol–water partition coefficient (Wildman–Crippen LogP) is 1.96. The summed E-state index contributed by atoms with van der Waals surface area (Å²) in [6.45, 7) is 2.95. The molecule has 1 aromatic carbocycles. The number of rotatable bonds is 4. The maximum atomic E-state index is 12.1. The zero-order chi connectivity index (χ0) is 16.3. The molecule has 2 aromatic rings. The number of nitrogens with one attached hydrogen (secondary N) is 3. The molecule has 22 heavy (non-hydrogen) atoms. The van der Waals surface area contributed by atoms with E-state index in [1.807, 2.05) is 10.3 Å². The van der Waals surface area contributed by atoms with Gasteiger partial charge in [0.25, 0.3) is 10.0 Å². The van der Waals surface area contributed by atoms with Crippen LogP contribution in [0.1, 0.15) is 11.5 Å². The van der Waals surface area contributed by atoms with E-state index in [2.05, 4.69) is 10.5 Å². The molecular formula is C12H13ClN4O4S. The minimum atomic E-state index is -3.97. The minimum absolute atomic E-state index is 0.112. The van der Waals surface area contributed by atoms with Crippen LogP contribution in [0.2, 0.25) is 5.02 Å². The molecule has 10 heteroatoms. The standard InChI is InChI=1S/C12H13ClN4O4S/c1-7-11(8(2)21-16-7)22(19,20)17-15-12(18)14-10-5-3-9(13)4-6-10/h3-6,17H,1-2H3,(H2,14,15,18). The van der Waals surface area contributed by atoms with Crippen LogP contribution in [0.25, 0.3) is 0 Å². The van der Waals surface area contributed by atoms with E-state index in [9.17, 15) is 13.2 Å². The summed E-state index contributed by atoms with van der Waals surface area (Å²) >= 11 is 5.72. The van der Waals surface area contributed by atoms with Gasteiger partial charge in [-0.3, -0.25) is 5.43 Å². The summed E-state index contributed by atoms with van der Waals surface area (Å²) in [5.74, 6) is 0.130. The summed E-state index contributed by atoms with van der Waals surface area (Å²) in [5.41, 5.74) is 2.69. The van der Waals surface area contributed by atoms with Gasteiger partial charge in [0.05, 0.1) is 0 Å². The fourth-order valence-electron chi connectivity index (χ4n) is 1.72. The first-order chi connectivity index (χ1) is 10.3. The highest BCUT2D eigenvalue weighted by Crippen LogP contribution is 2.18. The zero-order valence-corrected chi connectivity index (χ0v) is 13.2. The Hall–Kier alpha value is -2.10. The Morgan fingerprint density at radius 2 is 1.86 bits per heavy atom. The number of halogens is 1. The van der Waals surface area contributed by atoms with E-state index in [0.717, 1.165) is 0 Å². The number of hydrogen-bond donors (Lipinski definition) is 3. The number of carbonyl (C=O) groups excluding carboxylic acids is 1. The maximum absolute atomic E-state index is 12.1. The highest BCUT2D eigenvalue weighted by Gasteiger charge is 2.24. The predicted molar refractivity (Wildman–Crippen MR) is 79.9 cm³/mol. The van der Waals surface area contributed by atoms with Gasteiger partial charge < -0.3 is 9.84 Å². The Balaban J connectivity index is 2.00. The van der Waals surface area contributed by atoms with Crippen LogP contribution in [0.5, 0.6) is 0 Å². The summed E-state index contributed by atoms with van der Waals surface area (Å²) in [4.78, 5) is 13.5. The highest BCUT2D eigenvalue weighted by atomic mass is 35.5. The van der Waals surface area contributed by atoms with Crippen molar-refractivity contribution in [2.24, 2.45) is 0 Å². The second-order valence-electron chi connectivity index (χ2n) is 4.34. The number of nitrogens with zero attached hydrogens (tertiary/aromatic N) is 1. The van der Waals surface area contributed by atoms with E-state index in [0.29, 0.717) is 10.7 Å². The fraction of sp³-hybridized carbons (Fsp3) is 0.167. The minimum Gasteiger partial charge on any atom is -0.360 e. The average Bonchev–Trinajstić information content (AvgIpc) is 2.79. The lowest BCUT2D eigenvalue weighted by Gasteiger charge is -2.09. The molecule has 2 rings (SSSR count). The molecule has 118 valence electrons. The van der Waals surface area contributed by atoms with Crippen molar-refractivity contribution >= 4 is 33.3 Å². The number of carbonyl (C=O) groups is 1. The van der Waals surface area contributed by atoms with E-state index in [1.54, 1.807) is 24.3 Å². The van der Waals surface area contributed by atoms with Crippen LogP contribution in [-0.4, -0.2) is 19.6 Å². The van der Waals surface area contributed by atoms with Crippen LogP contribution in [0.3, 0.4) is 0 Å². The molecule has 0 atom stereocenters. The molecule has 0 saturated heterocycles. The third kappa shape index (κ3) is 3.75. The lowest BCUT2D eigenvalue weighted by molar-refractivity contribution is 0.250. The molecule has 3 N–H and O–H groups in total. The molecule has 1 aromatic heterocycles. The Morgan fingerprint density at radius 1 is 1.23 bits per heavy atom. The van der Waals surface area contributed by atoms with Crippen LogP contribution in [0, 0.1) is 13.8 Å². The monoisotopic (exact) mass is 344 g/mol. The summed E-state index contributed by atoms with van der Waals surface area (Å²) in [6.07, 6.45) is 0. The largest absolute Gasteiger partial charge is 0.360 e. The van der Waals surface area contributed by atoms with E-state index in [-0.39, 0.29) is 16.3 Å². The van der Waals surface area contributed by atoms with Crippen molar-refractivity contribution in [1.29, 1.82) is 0 Å².